The molecule has 1 aliphatic heterocycles. The summed E-state index contributed by atoms with van der Waals surface area (Å²) in [5.74, 6) is -0.248. The number of aromatic nitrogens is 2. The molecule has 6 heteroatoms. The minimum Gasteiger partial charge on any atom is -0.371 e. The molecule has 138 valence electrons. The first kappa shape index (κ1) is 17.3. The van der Waals surface area contributed by atoms with Crippen molar-refractivity contribution in [3.8, 4) is 0 Å². The number of nitrogens with zero attached hydrogens (tertiary/aromatic N) is 3. The molecule has 0 spiro atoms. The van der Waals surface area contributed by atoms with E-state index in [-0.39, 0.29) is 18.0 Å². The predicted molar refractivity (Wildman–Crippen MR) is 107 cm³/mol. The molecule has 6 nitrogen and oxygen atoms in total. The molecule has 1 amide bonds. The number of aryl methyl sites for hydroxylation is 1. The lowest BCUT2D eigenvalue weighted by atomic mass is 10.1. The molecule has 2 aromatic carbocycles. The van der Waals surface area contributed by atoms with E-state index in [0.717, 1.165) is 24.3 Å². The first-order chi connectivity index (χ1) is 13.1. The number of fused-ring (bicyclic) bond motifs is 1. The van der Waals surface area contributed by atoms with Crippen molar-refractivity contribution in [3.63, 3.8) is 0 Å². The van der Waals surface area contributed by atoms with Gasteiger partial charge in [-0.2, -0.15) is 0 Å². The first-order valence-corrected chi connectivity index (χ1v) is 9.21. The molecule has 27 heavy (non-hydrogen) atoms. The SMILES string of the molecule is Cc1cc(NC(=O)Cn2cnc3ccccc3c2=O)ccc1N1CCCC1. The number of carbonyl (C=O) groups excluding carboxylic acids is 1. The van der Waals surface area contributed by atoms with Crippen LogP contribution in [0.5, 0.6) is 0 Å². The van der Waals surface area contributed by atoms with Crippen molar-refractivity contribution in [2.75, 3.05) is 23.3 Å². The minimum atomic E-state index is -0.248. The van der Waals surface area contributed by atoms with Crippen LogP contribution in [0.3, 0.4) is 0 Å². The predicted octanol–water partition coefficient (Wildman–Crippen LogP) is 2.94. The van der Waals surface area contributed by atoms with Crippen LogP contribution in [0.2, 0.25) is 0 Å². The van der Waals surface area contributed by atoms with Crippen LogP contribution in [-0.4, -0.2) is 28.5 Å². The van der Waals surface area contributed by atoms with Gasteiger partial charge in [-0.15, -0.1) is 0 Å². The summed E-state index contributed by atoms with van der Waals surface area (Å²) in [6, 6.07) is 13.1. The van der Waals surface area contributed by atoms with Gasteiger partial charge in [0, 0.05) is 24.5 Å². The van der Waals surface area contributed by atoms with Crippen LogP contribution in [0.4, 0.5) is 11.4 Å². The molecule has 1 saturated heterocycles. The Bertz CT molecular complexity index is 1050. The van der Waals surface area contributed by atoms with Crippen molar-refractivity contribution in [2.45, 2.75) is 26.3 Å². The second-order valence-electron chi connectivity index (χ2n) is 6.94. The Labute approximate surface area is 157 Å². The van der Waals surface area contributed by atoms with Gasteiger partial charge < -0.3 is 10.2 Å². The first-order valence-electron chi connectivity index (χ1n) is 9.21. The second kappa shape index (κ2) is 7.23. The molecule has 0 atom stereocenters. The summed E-state index contributed by atoms with van der Waals surface area (Å²) < 4.78 is 1.34. The van der Waals surface area contributed by atoms with Crippen molar-refractivity contribution < 1.29 is 4.79 Å². The Kier molecular flexibility index (Phi) is 4.62. The fourth-order valence-electron chi connectivity index (χ4n) is 3.62. The van der Waals surface area contributed by atoms with E-state index < -0.39 is 0 Å². The Morgan fingerprint density at radius 1 is 1.15 bits per heavy atom. The van der Waals surface area contributed by atoms with E-state index in [1.54, 1.807) is 18.2 Å². The number of benzene rings is 2. The van der Waals surface area contributed by atoms with Crippen LogP contribution in [0.15, 0.2) is 53.6 Å². The van der Waals surface area contributed by atoms with E-state index in [1.807, 2.05) is 18.2 Å². The molecule has 4 rings (SSSR count). The maximum atomic E-state index is 12.5. The van der Waals surface area contributed by atoms with Gasteiger partial charge >= 0.3 is 0 Å². The number of nitrogens with one attached hydrogen (secondary N) is 1. The summed E-state index contributed by atoms with van der Waals surface area (Å²) in [5, 5.41) is 3.39. The molecule has 1 aliphatic rings. The van der Waals surface area contributed by atoms with Crippen molar-refractivity contribution in [1.82, 2.24) is 9.55 Å². The number of rotatable bonds is 4. The summed E-state index contributed by atoms with van der Waals surface area (Å²) in [6.45, 7) is 4.17. The molecule has 0 aliphatic carbocycles. The van der Waals surface area contributed by atoms with Crippen molar-refractivity contribution >= 4 is 28.2 Å². The van der Waals surface area contributed by atoms with Crippen LogP contribution in [0.1, 0.15) is 18.4 Å². The second-order valence-corrected chi connectivity index (χ2v) is 6.94. The summed E-state index contributed by atoms with van der Waals surface area (Å²) in [4.78, 5) is 31.5. The Hall–Kier alpha value is -3.15. The minimum absolute atomic E-state index is 0.0659. The van der Waals surface area contributed by atoms with Gasteiger partial charge in [-0.1, -0.05) is 12.1 Å². The van der Waals surface area contributed by atoms with Crippen LogP contribution >= 0.6 is 0 Å². The number of carbonyl (C=O) groups is 1. The summed E-state index contributed by atoms with van der Waals surface area (Å²) >= 11 is 0. The highest BCUT2D eigenvalue weighted by molar-refractivity contribution is 5.91. The fourth-order valence-corrected chi connectivity index (χ4v) is 3.62. The van der Waals surface area contributed by atoms with E-state index in [1.165, 1.54) is 29.4 Å². The summed E-state index contributed by atoms with van der Waals surface area (Å²) in [6.07, 6.45) is 3.88. The smallest absolute Gasteiger partial charge is 0.261 e. The third-order valence-electron chi connectivity index (χ3n) is 4.97. The van der Waals surface area contributed by atoms with E-state index in [4.69, 9.17) is 0 Å². The van der Waals surface area contributed by atoms with Crippen LogP contribution < -0.4 is 15.8 Å². The highest BCUT2D eigenvalue weighted by Gasteiger charge is 2.15. The standard InChI is InChI=1S/C21H22N4O2/c1-15-12-16(8-9-19(15)24-10-4-5-11-24)23-20(26)13-25-14-22-18-7-3-2-6-17(18)21(25)27/h2-3,6-9,12,14H,4-5,10-11,13H2,1H3,(H,23,26). The normalized spacial score (nSPS) is 13.9. The van der Waals surface area contributed by atoms with Gasteiger partial charge in [0.25, 0.3) is 5.56 Å². The number of hydrogen-bond acceptors (Lipinski definition) is 4. The lowest BCUT2D eigenvalue weighted by molar-refractivity contribution is -0.116. The number of anilines is 2. The quantitative estimate of drug-likeness (QED) is 0.775. The van der Waals surface area contributed by atoms with E-state index in [9.17, 15) is 9.59 Å². The van der Waals surface area contributed by atoms with Gasteiger partial charge in [0.1, 0.15) is 6.54 Å². The average molecular weight is 362 g/mol. The van der Waals surface area contributed by atoms with Gasteiger partial charge in [0.2, 0.25) is 5.91 Å². The van der Waals surface area contributed by atoms with E-state index in [2.05, 4.69) is 28.2 Å². The molecule has 0 saturated carbocycles. The Morgan fingerprint density at radius 2 is 1.93 bits per heavy atom. The zero-order valence-corrected chi connectivity index (χ0v) is 15.3. The molecular weight excluding hydrogens is 340 g/mol. The molecule has 3 aromatic rings. The zero-order chi connectivity index (χ0) is 18.8. The number of para-hydroxylation sites is 1. The average Bonchev–Trinajstić information content (AvgIpc) is 3.19. The largest absolute Gasteiger partial charge is 0.371 e. The summed E-state index contributed by atoms with van der Waals surface area (Å²) in [5.41, 5.74) is 3.52. The molecule has 0 bridgehead atoms. The molecule has 1 N–H and O–H groups in total. The monoisotopic (exact) mass is 362 g/mol. The Morgan fingerprint density at radius 3 is 2.70 bits per heavy atom. The lowest BCUT2D eigenvalue weighted by Crippen LogP contribution is -2.28. The topological polar surface area (TPSA) is 67.2 Å². The molecule has 1 fully saturated rings. The maximum absolute atomic E-state index is 12.5. The van der Waals surface area contributed by atoms with E-state index >= 15 is 0 Å². The lowest BCUT2D eigenvalue weighted by Gasteiger charge is -2.20. The zero-order valence-electron chi connectivity index (χ0n) is 15.3. The van der Waals surface area contributed by atoms with Crippen LogP contribution in [0.25, 0.3) is 10.9 Å². The van der Waals surface area contributed by atoms with Crippen LogP contribution in [0, 0.1) is 6.92 Å². The fraction of sp³-hybridized carbons (Fsp3) is 0.286. The highest BCUT2D eigenvalue weighted by Crippen LogP contribution is 2.26. The molecule has 0 radical (unpaired) electrons. The summed E-state index contributed by atoms with van der Waals surface area (Å²) in [7, 11) is 0. The molecule has 1 aromatic heterocycles. The maximum Gasteiger partial charge on any atom is 0.261 e. The van der Waals surface area contributed by atoms with Crippen molar-refractivity contribution in [3.05, 3.63) is 64.7 Å². The molecule has 0 unspecified atom stereocenters. The van der Waals surface area contributed by atoms with Gasteiger partial charge in [0.05, 0.1) is 17.2 Å². The van der Waals surface area contributed by atoms with Crippen molar-refractivity contribution in [2.24, 2.45) is 0 Å². The van der Waals surface area contributed by atoms with Crippen molar-refractivity contribution in [1.29, 1.82) is 0 Å². The van der Waals surface area contributed by atoms with Gasteiger partial charge in [-0.05, 0) is 55.7 Å². The number of amides is 1. The highest BCUT2D eigenvalue weighted by atomic mass is 16.2. The van der Waals surface area contributed by atoms with Gasteiger partial charge in [0.15, 0.2) is 0 Å². The van der Waals surface area contributed by atoms with Crippen LogP contribution in [-0.2, 0) is 11.3 Å². The Balaban J connectivity index is 1.49. The third-order valence-corrected chi connectivity index (χ3v) is 4.97. The van der Waals surface area contributed by atoms with Gasteiger partial charge in [-0.3, -0.25) is 14.2 Å². The molecule has 2 heterocycles. The molecular formula is C21H22N4O2. The van der Waals surface area contributed by atoms with Gasteiger partial charge in [-0.25, -0.2) is 4.98 Å². The third kappa shape index (κ3) is 3.56. The number of hydrogen-bond donors (Lipinski definition) is 1. The van der Waals surface area contributed by atoms with E-state index in [0.29, 0.717) is 10.9 Å².